The van der Waals surface area contributed by atoms with Crippen LogP contribution in [0.3, 0.4) is 0 Å². The minimum absolute atomic E-state index is 0.0511. The van der Waals surface area contributed by atoms with Gasteiger partial charge in [0.05, 0.1) is 16.7 Å². The van der Waals surface area contributed by atoms with Crippen molar-refractivity contribution in [2.75, 3.05) is 0 Å². The molecular weight excluding hydrogens is 546 g/mol. The van der Waals surface area contributed by atoms with Crippen LogP contribution in [0.2, 0.25) is 0 Å². The molecule has 1 aliphatic rings. The first-order chi connectivity index (χ1) is 22.0. The number of fused-ring (bicyclic) bond motifs is 6. The highest BCUT2D eigenvalue weighted by atomic mass is 15.2. The van der Waals surface area contributed by atoms with Crippen molar-refractivity contribution in [3.05, 3.63) is 163 Å². The van der Waals surface area contributed by atoms with E-state index in [9.17, 15) is 0 Å². The molecule has 0 aliphatic heterocycles. The summed E-state index contributed by atoms with van der Waals surface area (Å²) in [4.78, 5) is 9.94. The molecule has 216 valence electrons. The van der Waals surface area contributed by atoms with E-state index in [1.54, 1.807) is 0 Å². The third-order valence-electron chi connectivity index (χ3n) is 9.22. The summed E-state index contributed by atoms with van der Waals surface area (Å²) < 4.78 is 2.20. The summed E-state index contributed by atoms with van der Waals surface area (Å²) in [6, 6.07) is 40.9. The maximum absolute atomic E-state index is 5.14. The van der Waals surface area contributed by atoms with E-state index < -0.39 is 0 Å². The van der Waals surface area contributed by atoms with Gasteiger partial charge < -0.3 is 0 Å². The quantitative estimate of drug-likeness (QED) is 0.190. The lowest BCUT2D eigenvalue weighted by Crippen LogP contribution is -2.11. The lowest BCUT2D eigenvalue weighted by molar-refractivity contribution is 0.563. The summed E-state index contributed by atoms with van der Waals surface area (Å²) in [7, 11) is 0. The van der Waals surface area contributed by atoms with E-state index in [1.807, 2.05) is 18.3 Å². The molecule has 0 unspecified atom stereocenters. The van der Waals surface area contributed by atoms with E-state index in [1.165, 1.54) is 49.4 Å². The highest BCUT2D eigenvalue weighted by Gasteiger charge is 2.33. The molecule has 0 saturated carbocycles. The zero-order valence-corrected chi connectivity index (χ0v) is 25.5. The Labute approximate surface area is 263 Å². The Bertz CT molecular complexity index is 2330. The first-order valence-corrected chi connectivity index (χ1v) is 15.5. The Hall–Kier alpha value is -5.54. The third-order valence-corrected chi connectivity index (χ3v) is 9.22. The van der Waals surface area contributed by atoms with Crippen LogP contribution in [0, 0.1) is 0 Å². The molecule has 0 saturated heterocycles. The minimum Gasteiger partial charge on any atom is -0.277 e. The number of rotatable bonds is 5. The fourth-order valence-corrected chi connectivity index (χ4v) is 7.01. The van der Waals surface area contributed by atoms with E-state index in [-0.39, 0.29) is 5.41 Å². The molecule has 0 fully saturated rings. The molecule has 0 amide bonds. The lowest BCUT2D eigenvalue weighted by Gasteiger charge is -2.19. The first kappa shape index (κ1) is 27.0. The molecule has 5 aromatic carbocycles. The number of para-hydroxylation sites is 1. The second-order valence-electron chi connectivity index (χ2n) is 12.5. The van der Waals surface area contributed by atoms with Crippen LogP contribution in [0.4, 0.5) is 0 Å². The Kier molecular flexibility index (Phi) is 6.35. The van der Waals surface area contributed by atoms with Crippen LogP contribution in [-0.2, 0) is 5.41 Å². The minimum atomic E-state index is 0.0511. The molecule has 0 atom stereocenters. The Morgan fingerprint density at radius 1 is 0.778 bits per heavy atom. The SMILES string of the molecule is C=C/C(=C\C=C1/CC(C)(C)c2cc(-c3ccccc3)ccc21)c1ccnc(-n2c3ccccc3c3ccc4ccccc4c32)n1. The van der Waals surface area contributed by atoms with Gasteiger partial charge in [0.25, 0.3) is 0 Å². The topological polar surface area (TPSA) is 30.7 Å². The van der Waals surface area contributed by atoms with Gasteiger partial charge in [-0.15, -0.1) is 0 Å². The van der Waals surface area contributed by atoms with Crippen molar-refractivity contribution in [2.24, 2.45) is 0 Å². The summed E-state index contributed by atoms with van der Waals surface area (Å²) in [6.07, 6.45) is 9.14. The molecule has 8 rings (SSSR count). The van der Waals surface area contributed by atoms with Crippen molar-refractivity contribution in [2.45, 2.75) is 25.7 Å². The second-order valence-corrected chi connectivity index (χ2v) is 12.5. The number of hydrogen-bond acceptors (Lipinski definition) is 2. The van der Waals surface area contributed by atoms with Crippen molar-refractivity contribution in [1.29, 1.82) is 0 Å². The van der Waals surface area contributed by atoms with E-state index in [2.05, 4.69) is 146 Å². The van der Waals surface area contributed by atoms with E-state index >= 15 is 0 Å². The molecule has 1 aliphatic carbocycles. The van der Waals surface area contributed by atoms with E-state index in [0.717, 1.165) is 28.7 Å². The van der Waals surface area contributed by atoms with Gasteiger partial charge in [-0.3, -0.25) is 4.57 Å². The van der Waals surface area contributed by atoms with Crippen molar-refractivity contribution in [1.82, 2.24) is 14.5 Å². The number of allylic oxidation sites excluding steroid dienone is 5. The molecule has 0 spiro atoms. The van der Waals surface area contributed by atoms with Crippen LogP contribution in [0.1, 0.15) is 37.1 Å². The maximum atomic E-state index is 5.14. The summed E-state index contributed by atoms with van der Waals surface area (Å²) in [6.45, 7) is 8.85. The van der Waals surface area contributed by atoms with Crippen molar-refractivity contribution in [3.63, 3.8) is 0 Å². The number of benzene rings is 5. The molecule has 7 aromatic rings. The van der Waals surface area contributed by atoms with Crippen LogP contribution in [-0.4, -0.2) is 14.5 Å². The summed E-state index contributed by atoms with van der Waals surface area (Å²) >= 11 is 0. The van der Waals surface area contributed by atoms with Crippen molar-refractivity contribution in [3.8, 4) is 17.1 Å². The molecule has 3 nitrogen and oxygen atoms in total. The van der Waals surface area contributed by atoms with Crippen LogP contribution < -0.4 is 0 Å². The summed E-state index contributed by atoms with van der Waals surface area (Å²) in [5, 5.41) is 4.76. The smallest absolute Gasteiger partial charge is 0.235 e. The zero-order valence-electron chi connectivity index (χ0n) is 25.5. The standard InChI is InChI=1S/C42H33N3/c1-4-28(18-19-32-27-42(2,3)37-26-31(21-22-33(32)37)29-12-6-5-7-13-29)38-24-25-43-41(44-38)45-39-17-11-10-16-35(39)36-23-20-30-14-8-9-15-34(30)40(36)45/h4-26H,1,27H2,2-3H3/b28-18+,32-19+. The first-order valence-electron chi connectivity index (χ1n) is 15.5. The molecule has 2 aromatic heterocycles. The fourth-order valence-electron chi connectivity index (χ4n) is 7.01. The van der Waals surface area contributed by atoms with Gasteiger partial charge in [-0.2, -0.15) is 0 Å². The Morgan fingerprint density at radius 2 is 1.56 bits per heavy atom. The summed E-state index contributed by atoms with van der Waals surface area (Å²) in [5.41, 5.74) is 10.6. The average Bonchev–Trinajstić information content (AvgIpc) is 3.56. The molecule has 2 heterocycles. The van der Waals surface area contributed by atoms with Gasteiger partial charge in [0.2, 0.25) is 5.95 Å². The zero-order chi connectivity index (χ0) is 30.5. The fraction of sp³-hybridized carbons (Fsp3) is 0.0952. The number of hydrogen-bond donors (Lipinski definition) is 0. The molecular formula is C42H33N3. The van der Waals surface area contributed by atoms with Crippen LogP contribution >= 0.6 is 0 Å². The van der Waals surface area contributed by atoms with Gasteiger partial charge in [-0.1, -0.05) is 136 Å². The van der Waals surface area contributed by atoms with Gasteiger partial charge in [0.1, 0.15) is 0 Å². The van der Waals surface area contributed by atoms with Crippen LogP contribution in [0.15, 0.2) is 146 Å². The molecule has 3 heteroatoms. The predicted molar refractivity (Wildman–Crippen MR) is 190 cm³/mol. The molecule has 0 radical (unpaired) electrons. The number of aromatic nitrogens is 3. The van der Waals surface area contributed by atoms with Gasteiger partial charge >= 0.3 is 0 Å². The lowest BCUT2D eigenvalue weighted by atomic mass is 9.85. The van der Waals surface area contributed by atoms with Gasteiger partial charge in [-0.05, 0) is 68.8 Å². The second kappa shape index (κ2) is 10.6. The number of nitrogens with zero attached hydrogens (tertiary/aromatic N) is 3. The monoisotopic (exact) mass is 579 g/mol. The highest BCUT2D eigenvalue weighted by Crippen LogP contribution is 2.46. The van der Waals surface area contributed by atoms with Crippen molar-refractivity contribution < 1.29 is 0 Å². The summed E-state index contributed by atoms with van der Waals surface area (Å²) in [5.74, 6) is 0.649. The van der Waals surface area contributed by atoms with Crippen LogP contribution in [0.25, 0.3) is 60.8 Å². The largest absolute Gasteiger partial charge is 0.277 e. The molecule has 0 bridgehead atoms. The maximum Gasteiger partial charge on any atom is 0.235 e. The average molecular weight is 580 g/mol. The van der Waals surface area contributed by atoms with E-state index in [0.29, 0.717) is 5.95 Å². The Morgan fingerprint density at radius 3 is 2.40 bits per heavy atom. The van der Waals surface area contributed by atoms with Gasteiger partial charge in [-0.25, -0.2) is 9.97 Å². The van der Waals surface area contributed by atoms with Crippen molar-refractivity contribution >= 4 is 43.7 Å². The van der Waals surface area contributed by atoms with Gasteiger partial charge in [0.15, 0.2) is 0 Å². The Balaban J connectivity index is 1.23. The third kappa shape index (κ3) is 4.51. The highest BCUT2D eigenvalue weighted by molar-refractivity contribution is 6.18. The van der Waals surface area contributed by atoms with Gasteiger partial charge in [0, 0.05) is 22.4 Å². The van der Waals surface area contributed by atoms with Crippen LogP contribution in [0.5, 0.6) is 0 Å². The predicted octanol–water partition coefficient (Wildman–Crippen LogP) is 10.7. The normalized spacial score (nSPS) is 15.2. The molecule has 45 heavy (non-hydrogen) atoms. The molecule has 0 N–H and O–H groups in total. The van der Waals surface area contributed by atoms with E-state index in [4.69, 9.17) is 9.97 Å².